The van der Waals surface area contributed by atoms with Crippen molar-refractivity contribution in [3.05, 3.63) is 91.4 Å². The Hall–Kier alpha value is -3.33. The topological polar surface area (TPSA) is 103 Å². The minimum Gasteiger partial charge on any atom is -0.477 e. The van der Waals surface area contributed by atoms with Crippen molar-refractivity contribution in [2.75, 3.05) is 11.9 Å². The molecule has 170 valence electrons. The van der Waals surface area contributed by atoms with Crippen LogP contribution in [-0.2, 0) is 4.74 Å². The van der Waals surface area contributed by atoms with Gasteiger partial charge in [-0.15, -0.1) is 0 Å². The van der Waals surface area contributed by atoms with Crippen LogP contribution in [0, 0.1) is 10.1 Å². The molecule has 0 unspecified atom stereocenters. The number of carbonyl (C=O) groups excluding carboxylic acids is 1. The lowest BCUT2D eigenvalue weighted by molar-refractivity contribution is -0.384. The van der Waals surface area contributed by atoms with E-state index in [1.165, 1.54) is 30.3 Å². The molecule has 11 heteroatoms. The van der Waals surface area contributed by atoms with Gasteiger partial charge in [0.1, 0.15) is 16.5 Å². The molecule has 8 nitrogen and oxygen atoms in total. The van der Waals surface area contributed by atoms with Crippen LogP contribution < -0.4 is 10.1 Å². The highest BCUT2D eigenvalue weighted by Gasteiger charge is 2.15. The van der Waals surface area contributed by atoms with Crippen LogP contribution in [0.2, 0.25) is 15.1 Å². The van der Waals surface area contributed by atoms with Crippen molar-refractivity contribution in [2.24, 2.45) is 4.99 Å². The maximum atomic E-state index is 12.4. The van der Waals surface area contributed by atoms with Crippen LogP contribution in [0.3, 0.4) is 0 Å². The number of anilines is 1. The molecule has 0 aliphatic heterocycles. The molecule has 33 heavy (non-hydrogen) atoms. The number of benzene rings is 3. The first-order valence-corrected chi connectivity index (χ1v) is 10.6. The standard InChI is InChI=1S/C22H16Cl3N3O5/c1-2-32-21(15-5-3-4-6-16(15)23)27-22(29)26-13-7-10-20(18(25)11-13)33-14-8-9-19(28(30)31)17(24)12-14/h3-12H,2H2,1H3,(H,26,29). The van der Waals surface area contributed by atoms with E-state index in [0.29, 0.717) is 22.9 Å². The predicted octanol–water partition coefficient (Wildman–Crippen LogP) is 7.36. The summed E-state index contributed by atoms with van der Waals surface area (Å²) in [5.74, 6) is 0.603. The maximum Gasteiger partial charge on any atom is 0.348 e. The number of nitrogens with zero attached hydrogens (tertiary/aromatic N) is 2. The molecular weight excluding hydrogens is 493 g/mol. The largest absolute Gasteiger partial charge is 0.477 e. The van der Waals surface area contributed by atoms with E-state index in [1.807, 2.05) is 0 Å². The Morgan fingerprint density at radius 1 is 1.03 bits per heavy atom. The van der Waals surface area contributed by atoms with Crippen molar-refractivity contribution >= 4 is 58.1 Å². The molecule has 1 N–H and O–H groups in total. The summed E-state index contributed by atoms with van der Waals surface area (Å²) in [6.07, 6.45) is 0. The molecule has 0 aromatic heterocycles. The molecule has 3 aromatic carbocycles. The first kappa shape index (κ1) is 24.3. The fourth-order valence-electron chi connectivity index (χ4n) is 2.67. The average Bonchev–Trinajstić information content (AvgIpc) is 2.75. The lowest BCUT2D eigenvalue weighted by Crippen LogP contribution is -2.14. The smallest absolute Gasteiger partial charge is 0.348 e. The quantitative estimate of drug-likeness (QED) is 0.162. The first-order valence-electron chi connectivity index (χ1n) is 9.47. The van der Waals surface area contributed by atoms with E-state index < -0.39 is 11.0 Å². The highest BCUT2D eigenvalue weighted by molar-refractivity contribution is 6.34. The predicted molar refractivity (Wildman–Crippen MR) is 128 cm³/mol. The summed E-state index contributed by atoms with van der Waals surface area (Å²) >= 11 is 18.3. The van der Waals surface area contributed by atoms with Gasteiger partial charge in [-0.1, -0.05) is 46.9 Å². The van der Waals surface area contributed by atoms with E-state index in [-0.39, 0.29) is 33.1 Å². The van der Waals surface area contributed by atoms with Crippen LogP contribution in [0.5, 0.6) is 11.5 Å². The number of rotatable bonds is 6. The van der Waals surface area contributed by atoms with Crippen molar-refractivity contribution < 1.29 is 19.2 Å². The van der Waals surface area contributed by atoms with E-state index in [9.17, 15) is 14.9 Å². The van der Waals surface area contributed by atoms with E-state index in [4.69, 9.17) is 44.3 Å². The monoisotopic (exact) mass is 507 g/mol. The van der Waals surface area contributed by atoms with Crippen molar-refractivity contribution in [1.29, 1.82) is 0 Å². The zero-order valence-corrected chi connectivity index (χ0v) is 19.3. The van der Waals surface area contributed by atoms with Crippen molar-refractivity contribution in [2.45, 2.75) is 6.92 Å². The van der Waals surface area contributed by atoms with Gasteiger partial charge in [-0.05, 0) is 43.3 Å². The van der Waals surface area contributed by atoms with E-state index >= 15 is 0 Å². The van der Waals surface area contributed by atoms with Gasteiger partial charge in [-0.25, -0.2) is 4.79 Å². The Morgan fingerprint density at radius 2 is 1.79 bits per heavy atom. The fraction of sp³-hybridized carbons (Fsp3) is 0.0909. The molecular formula is C22H16Cl3N3O5. The highest BCUT2D eigenvalue weighted by Crippen LogP contribution is 2.35. The van der Waals surface area contributed by atoms with E-state index in [1.54, 1.807) is 37.3 Å². The molecule has 0 radical (unpaired) electrons. The molecule has 3 aromatic rings. The number of ether oxygens (including phenoxy) is 2. The van der Waals surface area contributed by atoms with Gasteiger partial charge in [0.2, 0.25) is 5.90 Å². The SMILES string of the molecule is CCOC(=NC(=O)Nc1ccc(Oc2ccc([N+](=O)[O-])c(Cl)c2)c(Cl)c1)c1ccccc1Cl. The number of hydrogen-bond acceptors (Lipinski definition) is 5. The van der Waals surface area contributed by atoms with Crippen LogP contribution in [0.15, 0.2) is 65.7 Å². The molecule has 0 aliphatic carbocycles. The summed E-state index contributed by atoms with van der Waals surface area (Å²) in [6.45, 7) is 2.06. The van der Waals surface area contributed by atoms with Crippen LogP contribution in [0.1, 0.15) is 12.5 Å². The number of aliphatic imine (C=N–C) groups is 1. The van der Waals surface area contributed by atoms with Crippen LogP contribution in [0.25, 0.3) is 0 Å². The Bertz CT molecular complexity index is 1230. The Balaban J connectivity index is 1.75. The molecule has 2 amide bonds. The highest BCUT2D eigenvalue weighted by atomic mass is 35.5. The second-order valence-electron chi connectivity index (χ2n) is 6.38. The Labute approximate surface area is 203 Å². The van der Waals surface area contributed by atoms with Crippen LogP contribution in [0.4, 0.5) is 16.2 Å². The third-order valence-electron chi connectivity index (χ3n) is 4.12. The molecule has 0 bridgehead atoms. The maximum absolute atomic E-state index is 12.4. The van der Waals surface area contributed by atoms with Gasteiger partial charge in [0.25, 0.3) is 5.69 Å². The number of urea groups is 1. The first-order chi connectivity index (χ1) is 15.8. The van der Waals surface area contributed by atoms with Gasteiger partial charge >= 0.3 is 6.03 Å². The molecule has 0 aliphatic rings. The summed E-state index contributed by atoms with van der Waals surface area (Å²) in [5.41, 5.74) is 0.606. The van der Waals surface area contributed by atoms with Gasteiger partial charge in [-0.3, -0.25) is 10.1 Å². The Morgan fingerprint density at radius 3 is 2.42 bits per heavy atom. The van der Waals surface area contributed by atoms with Gasteiger partial charge in [-0.2, -0.15) is 4.99 Å². The van der Waals surface area contributed by atoms with Crippen molar-refractivity contribution in [3.8, 4) is 11.5 Å². The number of hydrogen-bond donors (Lipinski definition) is 1. The van der Waals surface area contributed by atoms with Gasteiger partial charge in [0.05, 0.1) is 27.1 Å². The number of amides is 2. The molecule has 0 spiro atoms. The Kier molecular flexibility index (Phi) is 8.11. The van der Waals surface area contributed by atoms with Crippen molar-refractivity contribution in [1.82, 2.24) is 0 Å². The molecule has 3 rings (SSSR count). The number of carbonyl (C=O) groups is 1. The second kappa shape index (κ2) is 11.0. The normalized spacial score (nSPS) is 11.1. The number of nitro groups is 1. The third kappa shape index (κ3) is 6.35. The average molecular weight is 509 g/mol. The molecule has 0 heterocycles. The van der Waals surface area contributed by atoms with E-state index in [0.717, 1.165) is 0 Å². The summed E-state index contributed by atoms with van der Waals surface area (Å²) in [5, 5.41) is 14.0. The molecule has 0 fully saturated rings. The minimum atomic E-state index is -0.690. The third-order valence-corrected chi connectivity index (χ3v) is 5.04. The number of nitrogens with one attached hydrogen (secondary N) is 1. The summed E-state index contributed by atoms with van der Waals surface area (Å²) in [6, 6.07) is 14.7. The van der Waals surface area contributed by atoms with Crippen molar-refractivity contribution in [3.63, 3.8) is 0 Å². The van der Waals surface area contributed by atoms with Gasteiger partial charge in [0, 0.05) is 17.8 Å². The molecule has 0 saturated carbocycles. The zero-order valence-electron chi connectivity index (χ0n) is 17.1. The van der Waals surface area contributed by atoms with Crippen LogP contribution >= 0.6 is 34.8 Å². The second-order valence-corrected chi connectivity index (χ2v) is 7.60. The van der Waals surface area contributed by atoms with E-state index in [2.05, 4.69) is 10.3 Å². The van der Waals surface area contributed by atoms with Gasteiger partial charge < -0.3 is 14.8 Å². The lowest BCUT2D eigenvalue weighted by Gasteiger charge is -2.11. The zero-order chi connectivity index (χ0) is 24.0. The summed E-state index contributed by atoms with van der Waals surface area (Å²) in [7, 11) is 0. The molecule has 0 saturated heterocycles. The molecule has 0 atom stereocenters. The fourth-order valence-corrected chi connectivity index (χ4v) is 3.35. The van der Waals surface area contributed by atoms with Crippen LogP contribution in [-0.4, -0.2) is 23.5 Å². The lowest BCUT2D eigenvalue weighted by atomic mass is 10.2. The number of halogens is 3. The van der Waals surface area contributed by atoms with Gasteiger partial charge in [0.15, 0.2) is 0 Å². The summed E-state index contributed by atoms with van der Waals surface area (Å²) < 4.78 is 11.1. The summed E-state index contributed by atoms with van der Waals surface area (Å²) in [4.78, 5) is 26.7. The number of nitro benzene ring substituents is 1. The minimum absolute atomic E-state index is 0.0704.